The third kappa shape index (κ3) is 4.84. The lowest BCUT2D eigenvalue weighted by Gasteiger charge is -2.29. The van der Waals surface area contributed by atoms with Crippen LogP contribution in [0.3, 0.4) is 0 Å². The van der Waals surface area contributed by atoms with Gasteiger partial charge in [0.15, 0.2) is 0 Å². The van der Waals surface area contributed by atoms with Gasteiger partial charge in [-0.3, -0.25) is 9.59 Å². The van der Waals surface area contributed by atoms with Crippen molar-refractivity contribution in [2.45, 2.75) is 59.3 Å². The number of nitrogens with one attached hydrogen (secondary N) is 1. The van der Waals surface area contributed by atoms with Gasteiger partial charge in [0.2, 0.25) is 5.91 Å². The van der Waals surface area contributed by atoms with Crippen molar-refractivity contribution in [2.24, 2.45) is 11.3 Å². The number of esters is 1. The zero-order chi connectivity index (χ0) is 14.3. The molecule has 4 nitrogen and oxygen atoms in total. The van der Waals surface area contributed by atoms with Gasteiger partial charge in [0.05, 0.1) is 13.0 Å². The van der Waals surface area contributed by atoms with Crippen LogP contribution in [0.5, 0.6) is 0 Å². The van der Waals surface area contributed by atoms with Crippen LogP contribution in [0.15, 0.2) is 0 Å². The highest BCUT2D eigenvalue weighted by molar-refractivity contribution is 5.83. The fourth-order valence-electron chi connectivity index (χ4n) is 3.06. The van der Waals surface area contributed by atoms with Crippen molar-refractivity contribution in [1.82, 2.24) is 5.32 Å². The number of hydrogen-bond acceptors (Lipinski definition) is 3. The minimum absolute atomic E-state index is 0.128. The molecule has 0 aromatic heterocycles. The lowest BCUT2D eigenvalue weighted by Crippen LogP contribution is -2.41. The molecule has 0 spiro atoms. The molecule has 4 heteroatoms. The first-order chi connectivity index (χ1) is 9.00. The summed E-state index contributed by atoms with van der Waals surface area (Å²) in [6, 6.07) is 0. The lowest BCUT2D eigenvalue weighted by atomic mass is 9.77. The fourth-order valence-corrected chi connectivity index (χ4v) is 3.06. The summed E-state index contributed by atoms with van der Waals surface area (Å²) in [5.74, 6) is 0.407. The molecule has 19 heavy (non-hydrogen) atoms. The molecular weight excluding hydrogens is 242 g/mol. The minimum Gasteiger partial charge on any atom is -0.466 e. The highest BCUT2D eigenvalue weighted by Crippen LogP contribution is 2.43. The van der Waals surface area contributed by atoms with Crippen molar-refractivity contribution >= 4 is 11.9 Å². The summed E-state index contributed by atoms with van der Waals surface area (Å²) in [4.78, 5) is 23.6. The van der Waals surface area contributed by atoms with Crippen LogP contribution in [0, 0.1) is 11.3 Å². The summed E-state index contributed by atoms with van der Waals surface area (Å²) in [5, 5.41) is 2.92. The summed E-state index contributed by atoms with van der Waals surface area (Å²) >= 11 is 0. The second-order valence-corrected chi connectivity index (χ2v) is 5.90. The van der Waals surface area contributed by atoms with Gasteiger partial charge in [0.25, 0.3) is 0 Å². The van der Waals surface area contributed by atoms with Crippen molar-refractivity contribution in [3.8, 4) is 0 Å². The molecule has 0 radical (unpaired) electrons. The predicted octanol–water partition coefficient (Wildman–Crippen LogP) is 2.66. The molecule has 1 rings (SSSR count). The number of amides is 1. The first kappa shape index (κ1) is 16.0. The average molecular weight is 269 g/mol. The average Bonchev–Trinajstić information content (AvgIpc) is 2.78. The van der Waals surface area contributed by atoms with Crippen LogP contribution in [0.25, 0.3) is 0 Å². The number of carbonyl (C=O) groups excluding carboxylic acids is 2. The van der Waals surface area contributed by atoms with E-state index in [4.69, 9.17) is 4.74 Å². The van der Waals surface area contributed by atoms with Gasteiger partial charge in [-0.15, -0.1) is 0 Å². The minimum atomic E-state index is -0.243. The van der Waals surface area contributed by atoms with Crippen molar-refractivity contribution < 1.29 is 14.3 Å². The van der Waals surface area contributed by atoms with Crippen molar-refractivity contribution in [3.63, 3.8) is 0 Å². The molecule has 0 aromatic rings. The second kappa shape index (κ2) is 7.51. The maximum Gasteiger partial charge on any atom is 0.307 e. The van der Waals surface area contributed by atoms with E-state index in [0.29, 0.717) is 19.1 Å². The first-order valence-corrected chi connectivity index (χ1v) is 7.44. The Hall–Kier alpha value is -1.06. The van der Waals surface area contributed by atoms with Crippen LogP contribution in [-0.2, 0) is 14.3 Å². The fraction of sp³-hybridized carbons (Fsp3) is 0.867. The molecule has 1 N–H and O–H groups in total. The topological polar surface area (TPSA) is 55.4 Å². The highest BCUT2D eigenvalue weighted by atomic mass is 16.5. The smallest absolute Gasteiger partial charge is 0.307 e. The molecule has 0 bridgehead atoms. The molecule has 0 unspecified atom stereocenters. The zero-order valence-electron chi connectivity index (χ0n) is 12.5. The second-order valence-electron chi connectivity index (χ2n) is 5.90. The number of hydrogen-bond donors (Lipinski definition) is 1. The van der Waals surface area contributed by atoms with E-state index in [-0.39, 0.29) is 23.7 Å². The third-order valence-electron chi connectivity index (χ3n) is 3.76. The summed E-state index contributed by atoms with van der Waals surface area (Å²) in [6.45, 7) is 6.88. The van der Waals surface area contributed by atoms with Crippen LogP contribution in [0.2, 0.25) is 0 Å². The summed E-state index contributed by atoms with van der Waals surface area (Å²) in [7, 11) is 0. The quantitative estimate of drug-likeness (QED) is 0.723. The van der Waals surface area contributed by atoms with E-state index in [1.165, 1.54) is 0 Å². The van der Waals surface area contributed by atoms with Gasteiger partial charge in [0, 0.05) is 12.0 Å². The molecule has 0 aromatic carbocycles. The van der Waals surface area contributed by atoms with Crippen LogP contribution in [0.4, 0.5) is 0 Å². The molecule has 1 amide bonds. The van der Waals surface area contributed by atoms with E-state index >= 15 is 0 Å². The molecular formula is C15H27NO3. The highest BCUT2D eigenvalue weighted by Gasteiger charge is 2.41. The van der Waals surface area contributed by atoms with E-state index in [1.807, 2.05) is 0 Å². The Morgan fingerprint density at radius 2 is 1.89 bits per heavy atom. The number of carbonyl (C=O) groups is 2. The Balaban J connectivity index is 2.43. The standard InChI is InChI=1S/C15H27NO3/c1-4-19-13(17)7-10-16-14(18)15(11-12(2)3)8-5-6-9-15/h12H,4-11H2,1-3H3,(H,16,18). The monoisotopic (exact) mass is 269 g/mol. The van der Waals surface area contributed by atoms with Crippen molar-refractivity contribution in [2.75, 3.05) is 13.2 Å². The summed E-state index contributed by atoms with van der Waals surface area (Å²) in [5.41, 5.74) is -0.192. The van der Waals surface area contributed by atoms with E-state index in [1.54, 1.807) is 6.92 Å². The van der Waals surface area contributed by atoms with Crippen LogP contribution >= 0.6 is 0 Å². The van der Waals surface area contributed by atoms with E-state index in [9.17, 15) is 9.59 Å². The van der Waals surface area contributed by atoms with Crippen LogP contribution in [-0.4, -0.2) is 25.0 Å². The normalized spacial score (nSPS) is 17.5. The largest absolute Gasteiger partial charge is 0.466 e. The van der Waals surface area contributed by atoms with Gasteiger partial charge in [-0.05, 0) is 32.1 Å². The molecule has 1 aliphatic rings. The molecule has 0 atom stereocenters. The molecule has 1 saturated carbocycles. The maximum absolute atomic E-state index is 12.4. The molecule has 1 aliphatic carbocycles. The third-order valence-corrected chi connectivity index (χ3v) is 3.76. The van der Waals surface area contributed by atoms with E-state index in [2.05, 4.69) is 19.2 Å². The first-order valence-electron chi connectivity index (χ1n) is 7.44. The molecule has 0 aliphatic heterocycles. The maximum atomic E-state index is 12.4. The number of ether oxygens (including phenoxy) is 1. The van der Waals surface area contributed by atoms with Gasteiger partial charge >= 0.3 is 5.97 Å². The molecule has 0 saturated heterocycles. The van der Waals surface area contributed by atoms with Crippen LogP contribution < -0.4 is 5.32 Å². The Morgan fingerprint density at radius 3 is 2.42 bits per heavy atom. The van der Waals surface area contributed by atoms with Gasteiger partial charge < -0.3 is 10.1 Å². The van der Waals surface area contributed by atoms with E-state index < -0.39 is 0 Å². The van der Waals surface area contributed by atoms with Gasteiger partial charge in [-0.25, -0.2) is 0 Å². The summed E-state index contributed by atoms with van der Waals surface area (Å²) < 4.78 is 4.85. The predicted molar refractivity (Wildman–Crippen MR) is 74.6 cm³/mol. The van der Waals surface area contributed by atoms with Gasteiger partial charge in [-0.1, -0.05) is 26.7 Å². The van der Waals surface area contributed by atoms with Crippen molar-refractivity contribution in [1.29, 1.82) is 0 Å². The molecule has 0 heterocycles. The number of rotatable bonds is 7. The Labute approximate surface area is 116 Å². The Kier molecular flexibility index (Phi) is 6.32. The van der Waals surface area contributed by atoms with Crippen LogP contribution in [0.1, 0.15) is 59.3 Å². The molecule has 1 fully saturated rings. The van der Waals surface area contributed by atoms with Gasteiger partial charge in [0.1, 0.15) is 0 Å². The van der Waals surface area contributed by atoms with Gasteiger partial charge in [-0.2, -0.15) is 0 Å². The molecule has 110 valence electrons. The lowest BCUT2D eigenvalue weighted by molar-refractivity contribution is -0.143. The van der Waals surface area contributed by atoms with Crippen molar-refractivity contribution in [3.05, 3.63) is 0 Å². The van der Waals surface area contributed by atoms with E-state index in [0.717, 1.165) is 32.1 Å². The Bertz CT molecular complexity index is 307. The SMILES string of the molecule is CCOC(=O)CCNC(=O)C1(CC(C)C)CCCC1. The summed E-state index contributed by atoms with van der Waals surface area (Å²) in [6.07, 6.45) is 5.44. The zero-order valence-corrected chi connectivity index (χ0v) is 12.5. The Morgan fingerprint density at radius 1 is 1.26 bits per heavy atom.